The highest BCUT2D eigenvalue weighted by Gasteiger charge is 2.28. The molecule has 2 rings (SSSR count). The van der Waals surface area contributed by atoms with Gasteiger partial charge in [0.15, 0.2) is 0 Å². The summed E-state index contributed by atoms with van der Waals surface area (Å²) >= 11 is 3.29. The van der Waals surface area contributed by atoms with Crippen LogP contribution in [0.15, 0.2) is 33.6 Å². The Morgan fingerprint density at radius 1 is 1.24 bits per heavy atom. The van der Waals surface area contributed by atoms with Crippen molar-refractivity contribution < 1.29 is 8.42 Å². The summed E-state index contributed by atoms with van der Waals surface area (Å²) in [5.74, 6) is 0.353. The number of rotatable bonds is 5. The fourth-order valence-corrected chi connectivity index (χ4v) is 5.12. The predicted octanol–water partition coefficient (Wildman–Crippen LogP) is 3.06. The van der Waals surface area contributed by atoms with E-state index in [1.807, 2.05) is 0 Å². The van der Waals surface area contributed by atoms with Gasteiger partial charge in [0, 0.05) is 17.1 Å². The van der Waals surface area contributed by atoms with Crippen molar-refractivity contribution in [3.63, 3.8) is 0 Å². The maximum atomic E-state index is 12.5. The Kier molecular flexibility index (Phi) is 7.64. The van der Waals surface area contributed by atoms with Crippen molar-refractivity contribution in [2.24, 2.45) is 11.7 Å². The Morgan fingerprint density at radius 3 is 2.43 bits per heavy atom. The Labute approximate surface area is 141 Å². The lowest BCUT2D eigenvalue weighted by atomic mass is 9.84. The van der Waals surface area contributed by atoms with E-state index in [1.165, 1.54) is 6.42 Å². The first-order valence-electron chi connectivity index (χ1n) is 7.01. The predicted molar refractivity (Wildman–Crippen MR) is 91.1 cm³/mol. The first-order chi connectivity index (χ1) is 9.54. The third-order valence-electron chi connectivity index (χ3n) is 3.91. The van der Waals surface area contributed by atoms with E-state index in [-0.39, 0.29) is 23.3 Å². The zero-order valence-electron chi connectivity index (χ0n) is 11.8. The second-order valence-corrected chi connectivity index (χ2v) is 7.83. The molecule has 0 aliphatic heterocycles. The minimum Gasteiger partial charge on any atom is -0.329 e. The Bertz CT molecular complexity index is 548. The van der Waals surface area contributed by atoms with Crippen LogP contribution < -0.4 is 10.5 Å². The molecule has 0 bridgehead atoms. The highest BCUT2D eigenvalue weighted by molar-refractivity contribution is 9.10. The number of hydrogen-bond donors (Lipinski definition) is 2. The quantitative estimate of drug-likeness (QED) is 0.802. The third-order valence-corrected chi connectivity index (χ3v) is 6.41. The molecule has 7 heteroatoms. The van der Waals surface area contributed by atoms with Gasteiger partial charge in [0.25, 0.3) is 0 Å². The van der Waals surface area contributed by atoms with E-state index < -0.39 is 10.0 Å². The minimum atomic E-state index is -3.53. The van der Waals surface area contributed by atoms with Gasteiger partial charge in [0.2, 0.25) is 10.0 Å². The van der Waals surface area contributed by atoms with Gasteiger partial charge in [-0.15, -0.1) is 12.4 Å². The molecule has 1 aliphatic rings. The molecule has 1 aromatic carbocycles. The summed E-state index contributed by atoms with van der Waals surface area (Å²) in [6.07, 6.45) is 5.68. The van der Waals surface area contributed by atoms with Gasteiger partial charge in [-0.05, 0) is 46.8 Å². The van der Waals surface area contributed by atoms with Crippen molar-refractivity contribution in [2.75, 3.05) is 6.54 Å². The average molecular weight is 398 g/mol. The molecule has 120 valence electrons. The van der Waals surface area contributed by atoms with E-state index in [1.54, 1.807) is 24.3 Å². The topological polar surface area (TPSA) is 72.2 Å². The summed E-state index contributed by atoms with van der Waals surface area (Å²) in [5, 5.41) is 0. The monoisotopic (exact) mass is 396 g/mol. The molecular weight excluding hydrogens is 376 g/mol. The molecule has 0 aromatic heterocycles. The van der Waals surface area contributed by atoms with E-state index in [0.29, 0.717) is 16.9 Å². The van der Waals surface area contributed by atoms with Crippen LogP contribution in [0.2, 0.25) is 0 Å². The standard InChI is InChI=1S/C14H21BrN2O2S.ClH/c15-12-8-4-5-9-14(12)20(18,19)17-13(10-16)11-6-2-1-3-7-11;/h4-5,8-9,11,13,17H,1-3,6-7,10,16H2;1H. The average Bonchev–Trinajstić information content (AvgIpc) is 2.46. The minimum absolute atomic E-state index is 0. The number of sulfonamides is 1. The van der Waals surface area contributed by atoms with E-state index in [9.17, 15) is 8.42 Å². The number of benzene rings is 1. The zero-order chi connectivity index (χ0) is 14.6. The summed E-state index contributed by atoms with van der Waals surface area (Å²) in [6.45, 7) is 0.342. The smallest absolute Gasteiger partial charge is 0.241 e. The second kappa shape index (κ2) is 8.48. The van der Waals surface area contributed by atoms with Crippen LogP contribution >= 0.6 is 28.3 Å². The van der Waals surface area contributed by atoms with Crippen LogP contribution in [0.4, 0.5) is 0 Å². The molecule has 0 amide bonds. The van der Waals surface area contributed by atoms with Crippen molar-refractivity contribution in [3.05, 3.63) is 28.7 Å². The van der Waals surface area contributed by atoms with Crippen molar-refractivity contribution in [2.45, 2.75) is 43.0 Å². The van der Waals surface area contributed by atoms with Crippen molar-refractivity contribution in [3.8, 4) is 0 Å². The highest BCUT2D eigenvalue weighted by atomic mass is 79.9. The summed E-state index contributed by atoms with van der Waals surface area (Å²) in [5.41, 5.74) is 5.79. The SMILES string of the molecule is Cl.NCC(NS(=O)(=O)c1ccccc1Br)C1CCCCC1. The first-order valence-corrected chi connectivity index (χ1v) is 9.29. The number of nitrogens with one attached hydrogen (secondary N) is 1. The highest BCUT2D eigenvalue weighted by Crippen LogP contribution is 2.28. The third kappa shape index (κ3) is 4.93. The van der Waals surface area contributed by atoms with Gasteiger partial charge in [-0.2, -0.15) is 0 Å². The molecule has 1 atom stereocenters. The summed E-state index contributed by atoms with van der Waals surface area (Å²) in [4.78, 5) is 0.272. The molecule has 21 heavy (non-hydrogen) atoms. The van der Waals surface area contributed by atoms with Gasteiger partial charge in [0.05, 0.1) is 4.90 Å². The number of halogens is 2. The van der Waals surface area contributed by atoms with E-state index in [0.717, 1.165) is 25.7 Å². The molecule has 1 aliphatic carbocycles. The summed E-state index contributed by atoms with van der Waals surface area (Å²) in [7, 11) is -3.53. The molecule has 1 aromatic rings. The van der Waals surface area contributed by atoms with Crippen LogP contribution in [-0.2, 0) is 10.0 Å². The molecule has 0 spiro atoms. The van der Waals surface area contributed by atoms with E-state index in [2.05, 4.69) is 20.7 Å². The van der Waals surface area contributed by atoms with Crippen LogP contribution in [0.25, 0.3) is 0 Å². The number of nitrogens with two attached hydrogens (primary N) is 1. The van der Waals surface area contributed by atoms with Crippen LogP contribution in [-0.4, -0.2) is 21.0 Å². The molecule has 1 unspecified atom stereocenters. The van der Waals surface area contributed by atoms with Crippen LogP contribution in [0.5, 0.6) is 0 Å². The lowest BCUT2D eigenvalue weighted by molar-refractivity contribution is 0.294. The van der Waals surface area contributed by atoms with Gasteiger partial charge in [0.1, 0.15) is 0 Å². The van der Waals surface area contributed by atoms with Gasteiger partial charge < -0.3 is 5.73 Å². The fourth-order valence-electron chi connectivity index (χ4n) is 2.80. The first kappa shape index (κ1) is 18.9. The zero-order valence-corrected chi connectivity index (χ0v) is 15.0. The molecular formula is C14H22BrClN2O2S. The Morgan fingerprint density at radius 2 is 1.86 bits per heavy atom. The molecule has 4 nitrogen and oxygen atoms in total. The van der Waals surface area contributed by atoms with E-state index in [4.69, 9.17) is 5.73 Å². The molecule has 3 N–H and O–H groups in total. The maximum Gasteiger partial charge on any atom is 0.241 e. The molecule has 0 heterocycles. The summed E-state index contributed by atoms with van der Waals surface area (Å²) < 4.78 is 28.3. The van der Waals surface area contributed by atoms with Gasteiger partial charge >= 0.3 is 0 Å². The Balaban J connectivity index is 0.00000220. The molecule has 1 saturated carbocycles. The van der Waals surface area contributed by atoms with E-state index >= 15 is 0 Å². The maximum absolute atomic E-state index is 12.5. The second-order valence-electron chi connectivity index (χ2n) is 5.29. The van der Waals surface area contributed by atoms with Crippen molar-refractivity contribution in [1.29, 1.82) is 0 Å². The van der Waals surface area contributed by atoms with Crippen molar-refractivity contribution >= 4 is 38.4 Å². The summed E-state index contributed by atoms with van der Waals surface area (Å²) in [6, 6.07) is 6.67. The van der Waals surface area contributed by atoms with Crippen LogP contribution in [0.3, 0.4) is 0 Å². The molecule has 1 fully saturated rings. The lowest BCUT2D eigenvalue weighted by Crippen LogP contribution is -2.45. The van der Waals surface area contributed by atoms with Crippen LogP contribution in [0, 0.1) is 5.92 Å². The van der Waals surface area contributed by atoms with Gasteiger partial charge in [-0.25, -0.2) is 13.1 Å². The largest absolute Gasteiger partial charge is 0.329 e. The number of hydrogen-bond acceptors (Lipinski definition) is 3. The van der Waals surface area contributed by atoms with Gasteiger partial charge in [-0.3, -0.25) is 0 Å². The molecule has 0 saturated heterocycles. The van der Waals surface area contributed by atoms with Crippen molar-refractivity contribution in [1.82, 2.24) is 4.72 Å². The Hall–Kier alpha value is -0.140. The van der Waals surface area contributed by atoms with Crippen LogP contribution in [0.1, 0.15) is 32.1 Å². The van der Waals surface area contributed by atoms with Gasteiger partial charge in [-0.1, -0.05) is 31.4 Å². The lowest BCUT2D eigenvalue weighted by Gasteiger charge is -2.29. The normalized spacial score (nSPS) is 18.0. The fraction of sp³-hybridized carbons (Fsp3) is 0.571. The molecule has 0 radical (unpaired) electrons.